The van der Waals surface area contributed by atoms with Crippen LogP contribution in [-0.2, 0) is 22.4 Å². The summed E-state index contributed by atoms with van der Waals surface area (Å²) >= 11 is 0. The highest BCUT2D eigenvalue weighted by Crippen LogP contribution is 2.41. The Kier molecular flexibility index (Phi) is 5.05. The predicted molar refractivity (Wildman–Crippen MR) is 102 cm³/mol. The number of hydrogen-bond donors (Lipinski definition) is 1. The maximum atomic E-state index is 12.7. The van der Waals surface area contributed by atoms with E-state index in [0.29, 0.717) is 32.9 Å². The topological polar surface area (TPSA) is 71.0 Å². The van der Waals surface area contributed by atoms with E-state index >= 15 is 0 Å². The van der Waals surface area contributed by atoms with Gasteiger partial charge in [-0.1, -0.05) is 0 Å². The van der Waals surface area contributed by atoms with E-state index in [1.807, 2.05) is 18.2 Å². The smallest absolute Gasteiger partial charge is 0.253 e. The molecule has 1 fully saturated rings. The Morgan fingerprint density at radius 1 is 1.19 bits per heavy atom. The monoisotopic (exact) mass is 372 g/mol. The van der Waals surface area contributed by atoms with Crippen molar-refractivity contribution in [3.8, 4) is 22.8 Å². The molecular formula is C20H24N2O5. The van der Waals surface area contributed by atoms with E-state index in [1.54, 1.807) is 24.9 Å². The molecule has 7 nitrogen and oxygen atoms in total. The molecule has 2 aliphatic rings. The SMILES string of the molecule is COc1ccc(OC)c2c1CCn1c-2cc(NCC2COCCO2)cc1=O. The van der Waals surface area contributed by atoms with Crippen LogP contribution in [0.25, 0.3) is 11.3 Å². The van der Waals surface area contributed by atoms with Crippen LogP contribution in [0.1, 0.15) is 5.56 Å². The van der Waals surface area contributed by atoms with Crippen LogP contribution < -0.4 is 20.3 Å². The van der Waals surface area contributed by atoms with Crippen molar-refractivity contribution in [3.63, 3.8) is 0 Å². The Morgan fingerprint density at radius 3 is 2.74 bits per heavy atom. The number of ether oxygens (including phenoxy) is 4. The molecular weight excluding hydrogens is 348 g/mol. The number of nitrogens with zero attached hydrogens (tertiary/aromatic N) is 1. The first kappa shape index (κ1) is 17.9. The quantitative estimate of drug-likeness (QED) is 0.865. The lowest BCUT2D eigenvalue weighted by Crippen LogP contribution is -2.34. The van der Waals surface area contributed by atoms with E-state index < -0.39 is 0 Å². The number of anilines is 1. The maximum absolute atomic E-state index is 12.7. The van der Waals surface area contributed by atoms with Gasteiger partial charge >= 0.3 is 0 Å². The Hall–Kier alpha value is -2.51. The summed E-state index contributed by atoms with van der Waals surface area (Å²) in [6, 6.07) is 7.41. The highest BCUT2D eigenvalue weighted by Gasteiger charge is 2.25. The van der Waals surface area contributed by atoms with Gasteiger partial charge in [-0.25, -0.2) is 0 Å². The molecule has 2 aromatic rings. The number of methoxy groups -OCH3 is 2. The lowest BCUT2D eigenvalue weighted by atomic mass is 9.95. The van der Waals surface area contributed by atoms with Crippen LogP contribution in [-0.4, -0.2) is 51.3 Å². The molecule has 0 aliphatic carbocycles. The number of rotatable bonds is 5. The lowest BCUT2D eigenvalue weighted by molar-refractivity contribution is -0.0818. The summed E-state index contributed by atoms with van der Waals surface area (Å²) < 4.78 is 24.0. The fourth-order valence-electron chi connectivity index (χ4n) is 3.74. The summed E-state index contributed by atoms with van der Waals surface area (Å²) in [5, 5.41) is 3.31. The zero-order chi connectivity index (χ0) is 18.8. The molecule has 1 N–H and O–H groups in total. The van der Waals surface area contributed by atoms with E-state index in [-0.39, 0.29) is 11.7 Å². The molecule has 3 heterocycles. The van der Waals surface area contributed by atoms with Crippen molar-refractivity contribution in [3.05, 3.63) is 40.2 Å². The Labute approximate surface area is 157 Å². The van der Waals surface area contributed by atoms with Crippen molar-refractivity contribution in [1.82, 2.24) is 4.57 Å². The fourth-order valence-corrected chi connectivity index (χ4v) is 3.74. The number of hydrogen-bond acceptors (Lipinski definition) is 6. The molecule has 27 heavy (non-hydrogen) atoms. The van der Waals surface area contributed by atoms with Gasteiger partial charge < -0.3 is 28.8 Å². The van der Waals surface area contributed by atoms with Gasteiger partial charge in [0.2, 0.25) is 0 Å². The van der Waals surface area contributed by atoms with E-state index in [4.69, 9.17) is 18.9 Å². The first-order valence-corrected chi connectivity index (χ1v) is 9.13. The first-order valence-electron chi connectivity index (χ1n) is 9.13. The molecule has 0 spiro atoms. The summed E-state index contributed by atoms with van der Waals surface area (Å²) in [4.78, 5) is 12.7. The summed E-state index contributed by atoms with van der Waals surface area (Å²) in [7, 11) is 3.30. The van der Waals surface area contributed by atoms with Gasteiger partial charge in [0.1, 0.15) is 11.5 Å². The van der Waals surface area contributed by atoms with Crippen LogP contribution in [0.2, 0.25) is 0 Å². The van der Waals surface area contributed by atoms with Crippen LogP contribution in [0.4, 0.5) is 5.69 Å². The van der Waals surface area contributed by atoms with Crippen molar-refractivity contribution in [2.75, 3.05) is 45.9 Å². The Morgan fingerprint density at radius 2 is 2.00 bits per heavy atom. The van der Waals surface area contributed by atoms with Gasteiger partial charge in [-0.05, 0) is 24.6 Å². The van der Waals surface area contributed by atoms with Crippen molar-refractivity contribution >= 4 is 5.69 Å². The molecule has 4 rings (SSSR count). The predicted octanol–water partition coefficient (Wildman–Crippen LogP) is 1.92. The van der Waals surface area contributed by atoms with Crippen LogP contribution >= 0.6 is 0 Å². The van der Waals surface area contributed by atoms with Crippen molar-refractivity contribution < 1.29 is 18.9 Å². The fraction of sp³-hybridized carbons (Fsp3) is 0.450. The van der Waals surface area contributed by atoms with Crippen LogP contribution in [0.5, 0.6) is 11.5 Å². The molecule has 0 amide bonds. The summed E-state index contributed by atoms with van der Waals surface area (Å²) in [6.07, 6.45) is 0.710. The third kappa shape index (κ3) is 3.40. The minimum atomic E-state index is -0.0358. The van der Waals surface area contributed by atoms with Gasteiger partial charge in [0.25, 0.3) is 5.56 Å². The third-order valence-corrected chi connectivity index (χ3v) is 5.06. The van der Waals surface area contributed by atoms with Gasteiger partial charge in [-0.2, -0.15) is 0 Å². The maximum Gasteiger partial charge on any atom is 0.253 e. The molecule has 2 aliphatic heterocycles. The van der Waals surface area contributed by atoms with Gasteiger partial charge in [-0.3, -0.25) is 4.79 Å². The molecule has 7 heteroatoms. The molecule has 1 atom stereocenters. The zero-order valence-corrected chi connectivity index (χ0v) is 15.6. The molecule has 0 bridgehead atoms. The van der Waals surface area contributed by atoms with Gasteiger partial charge in [0.15, 0.2) is 0 Å². The average molecular weight is 372 g/mol. The second kappa shape index (κ2) is 7.62. The lowest BCUT2D eigenvalue weighted by Gasteiger charge is -2.26. The van der Waals surface area contributed by atoms with Gasteiger partial charge in [-0.15, -0.1) is 0 Å². The van der Waals surface area contributed by atoms with E-state index in [1.165, 1.54) is 0 Å². The van der Waals surface area contributed by atoms with Gasteiger partial charge in [0.05, 0.1) is 45.8 Å². The van der Waals surface area contributed by atoms with Crippen LogP contribution in [0.3, 0.4) is 0 Å². The van der Waals surface area contributed by atoms with Crippen LogP contribution in [0, 0.1) is 0 Å². The Bertz CT molecular complexity index is 887. The minimum absolute atomic E-state index is 0.0144. The van der Waals surface area contributed by atoms with Crippen LogP contribution in [0.15, 0.2) is 29.1 Å². The number of fused-ring (bicyclic) bond motifs is 3. The highest BCUT2D eigenvalue weighted by molar-refractivity contribution is 5.77. The number of nitrogens with one attached hydrogen (secondary N) is 1. The minimum Gasteiger partial charge on any atom is -0.496 e. The normalized spacial score (nSPS) is 18.4. The largest absolute Gasteiger partial charge is 0.496 e. The van der Waals surface area contributed by atoms with E-state index in [0.717, 1.165) is 40.4 Å². The number of pyridine rings is 1. The molecule has 1 aromatic carbocycles. The molecule has 1 saturated heterocycles. The van der Waals surface area contributed by atoms with Crippen molar-refractivity contribution in [1.29, 1.82) is 0 Å². The first-order chi connectivity index (χ1) is 13.2. The average Bonchev–Trinajstić information content (AvgIpc) is 2.72. The number of benzene rings is 1. The summed E-state index contributed by atoms with van der Waals surface area (Å²) in [5.74, 6) is 1.55. The second-order valence-corrected chi connectivity index (χ2v) is 6.64. The molecule has 144 valence electrons. The standard InChI is InChI=1S/C20H24N2O5/c1-24-17-3-4-18(25-2)20-15(17)5-6-22-16(20)9-13(10-19(22)23)21-11-14-12-26-7-8-27-14/h3-4,9-10,14,21H,5-8,11-12H2,1-2H3. The van der Waals surface area contributed by atoms with E-state index in [9.17, 15) is 4.79 Å². The highest BCUT2D eigenvalue weighted by atomic mass is 16.6. The molecule has 0 saturated carbocycles. The van der Waals surface area contributed by atoms with Gasteiger partial charge in [0, 0.05) is 36.0 Å². The van der Waals surface area contributed by atoms with Crippen molar-refractivity contribution in [2.45, 2.75) is 19.1 Å². The molecule has 1 unspecified atom stereocenters. The molecule has 0 radical (unpaired) electrons. The third-order valence-electron chi connectivity index (χ3n) is 5.06. The second-order valence-electron chi connectivity index (χ2n) is 6.64. The summed E-state index contributed by atoms with van der Waals surface area (Å²) in [6.45, 7) is 3.00. The summed E-state index contributed by atoms with van der Waals surface area (Å²) in [5.41, 5.74) is 3.55. The van der Waals surface area contributed by atoms with Crippen molar-refractivity contribution in [2.24, 2.45) is 0 Å². The van der Waals surface area contributed by atoms with E-state index in [2.05, 4.69) is 5.32 Å². The number of aromatic nitrogens is 1. The Balaban J connectivity index is 1.71. The zero-order valence-electron chi connectivity index (χ0n) is 15.6. The molecule has 1 aromatic heterocycles.